The molecule has 0 aromatic heterocycles. The van der Waals surface area contributed by atoms with Gasteiger partial charge in [0.1, 0.15) is 0 Å². The van der Waals surface area contributed by atoms with Crippen LogP contribution in [0.4, 0.5) is 0 Å². The number of carbonyl (C=O) groups excluding carboxylic acids is 1. The molecule has 114 valence electrons. The van der Waals surface area contributed by atoms with Crippen molar-refractivity contribution in [3.63, 3.8) is 0 Å². The van der Waals surface area contributed by atoms with Crippen LogP contribution >= 0.6 is 0 Å². The topological polar surface area (TPSA) is 44.8 Å². The lowest BCUT2D eigenvalue weighted by molar-refractivity contribution is -0.143. The molecule has 2 fully saturated rings. The summed E-state index contributed by atoms with van der Waals surface area (Å²) in [6.45, 7) is 2.83. The smallest absolute Gasteiger partial charge is 0.309 e. The van der Waals surface area contributed by atoms with Crippen molar-refractivity contribution in [2.75, 3.05) is 20.8 Å². The van der Waals surface area contributed by atoms with E-state index >= 15 is 0 Å². The summed E-state index contributed by atoms with van der Waals surface area (Å²) in [5, 5.41) is 0. The summed E-state index contributed by atoms with van der Waals surface area (Å²) in [5.41, 5.74) is 1.32. The Morgan fingerprint density at radius 3 is 2.76 bits per heavy atom. The molecule has 1 aliphatic carbocycles. The summed E-state index contributed by atoms with van der Waals surface area (Å²) in [6, 6.07) is 5.97. The lowest BCUT2D eigenvalue weighted by Crippen LogP contribution is -2.13. The molecule has 1 heterocycles. The molecule has 0 spiro atoms. The van der Waals surface area contributed by atoms with Crippen LogP contribution in [-0.4, -0.2) is 26.8 Å². The second-order valence-corrected chi connectivity index (χ2v) is 6.23. The quantitative estimate of drug-likeness (QED) is 0.756. The summed E-state index contributed by atoms with van der Waals surface area (Å²) >= 11 is 0. The molecule has 4 nitrogen and oxygen atoms in total. The molecule has 2 aliphatic rings. The van der Waals surface area contributed by atoms with E-state index in [9.17, 15) is 4.79 Å². The first-order valence-corrected chi connectivity index (χ1v) is 7.48. The molecule has 0 unspecified atom stereocenters. The average molecular weight is 290 g/mol. The van der Waals surface area contributed by atoms with Crippen molar-refractivity contribution in [3.05, 3.63) is 23.8 Å². The SMILES string of the molecule is COc1cccc(CCC[C@]2(C)[C@@H]3COC(=O)[C@@H]32)c1OC. The van der Waals surface area contributed by atoms with E-state index in [1.165, 1.54) is 0 Å². The van der Waals surface area contributed by atoms with Crippen molar-refractivity contribution in [3.8, 4) is 11.5 Å². The fraction of sp³-hybridized carbons (Fsp3) is 0.588. The molecule has 4 heteroatoms. The molecule has 0 radical (unpaired) electrons. The number of ether oxygens (including phenoxy) is 3. The summed E-state index contributed by atoms with van der Waals surface area (Å²) in [5.74, 6) is 2.18. The summed E-state index contributed by atoms with van der Waals surface area (Å²) in [4.78, 5) is 11.6. The third-order valence-corrected chi connectivity index (χ3v) is 5.16. The second kappa shape index (κ2) is 5.24. The standard InChI is InChI=1S/C17H22O4/c1-17(12-10-21-16(18)14(12)17)9-5-7-11-6-4-8-13(19-2)15(11)20-3/h4,6,8,12,14H,5,7,9-10H2,1-3H3/t12-,14-,17-/m1/s1. The molecule has 0 bridgehead atoms. The number of carbonyl (C=O) groups is 1. The maximum Gasteiger partial charge on any atom is 0.309 e. The summed E-state index contributed by atoms with van der Waals surface area (Å²) in [6.07, 6.45) is 3.03. The molecular formula is C17H22O4. The first-order chi connectivity index (χ1) is 10.1. The van der Waals surface area contributed by atoms with E-state index in [2.05, 4.69) is 13.0 Å². The summed E-state index contributed by atoms with van der Waals surface area (Å²) < 4.78 is 15.8. The molecule has 0 amide bonds. The van der Waals surface area contributed by atoms with Gasteiger partial charge >= 0.3 is 5.97 Å². The minimum absolute atomic E-state index is 0.00135. The van der Waals surface area contributed by atoms with Crippen molar-refractivity contribution in [2.45, 2.75) is 26.2 Å². The van der Waals surface area contributed by atoms with Crippen molar-refractivity contribution in [1.82, 2.24) is 0 Å². The monoisotopic (exact) mass is 290 g/mol. The van der Waals surface area contributed by atoms with Gasteiger partial charge in [-0.05, 0) is 36.3 Å². The molecule has 1 saturated carbocycles. The van der Waals surface area contributed by atoms with E-state index in [1.54, 1.807) is 14.2 Å². The first kappa shape index (κ1) is 14.2. The zero-order valence-corrected chi connectivity index (χ0v) is 12.8. The van der Waals surface area contributed by atoms with Gasteiger partial charge in [-0.1, -0.05) is 19.1 Å². The number of benzene rings is 1. The molecule has 1 aromatic carbocycles. The largest absolute Gasteiger partial charge is 0.493 e. The van der Waals surface area contributed by atoms with Crippen molar-refractivity contribution in [1.29, 1.82) is 0 Å². The third kappa shape index (κ3) is 2.27. The van der Waals surface area contributed by atoms with Crippen LogP contribution in [0.25, 0.3) is 0 Å². The number of aryl methyl sites for hydroxylation is 1. The van der Waals surface area contributed by atoms with E-state index in [-0.39, 0.29) is 17.3 Å². The zero-order chi connectivity index (χ0) is 15.0. The van der Waals surface area contributed by atoms with Gasteiger partial charge in [0, 0.05) is 5.92 Å². The molecule has 1 aromatic rings. The van der Waals surface area contributed by atoms with Crippen LogP contribution in [-0.2, 0) is 16.0 Å². The number of rotatable bonds is 6. The van der Waals surface area contributed by atoms with Gasteiger partial charge in [-0.25, -0.2) is 0 Å². The van der Waals surface area contributed by atoms with Crippen LogP contribution in [0.15, 0.2) is 18.2 Å². The first-order valence-electron chi connectivity index (χ1n) is 7.48. The highest BCUT2D eigenvalue weighted by Crippen LogP contribution is 2.64. The Labute approximate surface area is 125 Å². The Hall–Kier alpha value is -1.71. The van der Waals surface area contributed by atoms with Crippen molar-refractivity contribution in [2.24, 2.45) is 17.3 Å². The highest BCUT2D eigenvalue weighted by molar-refractivity contribution is 5.80. The Morgan fingerprint density at radius 1 is 1.33 bits per heavy atom. The predicted octanol–water partition coefficient (Wildman–Crippen LogP) is 2.84. The van der Waals surface area contributed by atoms with Gasteiger partial charge in [0.05, 0.1) is 26.7 Å². The van der Waals surface area contributed by atoms with Crippen LogP contribution in [0.5, 0.6) is 11.5 Å². The molecular weight excluding hydrogens is 268 g/mol. The number of methoxy groups -OCH3 is 2. The van der Waals surface area contributed by atoms with E-state index < -0.39 is 0 Å². The van der Waals surface area contributed by atoms with Crippen LogP contribution in [0.1, 0.15) is 25.3 Å². The van der Waals surface area contributed by atoms with Gasteiger partial charge in [-0.2, -0.15) is 0 Å². The highest BCUT2D eigenvalue weighted by Gasteiger charge is 2.68. The minimum Gasteiger partial charge on any atom is -0.493 e. The number of hydrogen-bond donors (Lipinski definition) is 0. The van der Waals surface area contributed by atoms with Gasteiger partial charge in [-0.15, -0.1) is 0 Å². The van der Waals surface area contributed by atoms with Crippen molar-refractivity contribution < 1.29 is 19.0 Å². The fourth-order valence-corrected chi connectivity index (χ4v) is 3.79. The second-order valence-electron chi connectivity index (χ2n) is 6.23. The van der Waals surface area contributed by atoms with E-state index in [0.717, 1.165) is 36.3 Å². The number of para-hydroxylation sites is 1. The molecule has 1 saturated heterocycles. The third-order valence-electron chi connectivity index (χ3n) is 5.16. The Balaban J connectivity index is 1.61. The van der Waals surface area contributed by atoms with Crippen LogP contribution < -0.4 is 9.47 Å². The van der Waals surface area contributed by atoms with Gasteiger partial charge in [0.15, 0.2) is 11.5 Å². The number of cyclic esters (lactones) is 1. The lowest BCUT2D eigenvalue weighted by atomic mass is 9.94. The molecule has 0 N–H and O–H groups in total. The van der Waals surface area contributed by atoms with Crippen molar-refractivity contribution >= 4 is 5.97 Å². The highest BCUT2D eigenvalue weighted by atomic mass is 16.5. The predicted molar refractivity (Wildman–Crippen MR) is 78.5 cm³/mol. The Kier molecular flexibility index (Phi) is 3.56. The summed E-state index contributed by atoms with van der Waals surface area (Å²) in [7, 11) is 3.32. The van der Waals surface area contributed by atoms with E-state index in [0.29, 0.717) is 12.5 Å². The van der Waals surface area contributed by atoms with Gasteiger partial charge in [0.2, 0.25) is 0 Å². The van der Waals surface area contributed by atoms with Crippen LogP contribution in [0, 0.1) is 17.3 Å². The Morgan fingerprint density at radius 2 is 2.14 bits per heavy atom. The van der Waals surface area contributed by atoms with Crippen LogP contribution in [0.2, 0.25) is 0 Å². The van der Waals surface area contributed by atoms with Gasteiger partial charge in [0.25, 0.3) is 0 Å². The molecule has 21 heavy (non-hydrogen) atoms. The minimum atomic E-state index is 0.00135. The number of esters is 1. The van der Waals surface area contributed by atoms with Gasteiger partial charge in [-0.3, -0.25) is 4.79 Å². The van der Waals surface area contributed by atoms with Gasteiger partial charge < -0.3 is 14.2 Å². The van der Waals surface area contributed by atoms with E-state index in [4.69, 9.17) is 14.2 Å². The number of fused-ring (bicyclic) bond motifs is 1. The molecule has 3 atom stereocenters. The molecule has 3 rings (SSSR count). The Bertz CT molecular complexity index is 554. The lowest BCUT2D eigenvalue weighted by Gasteiger charge is -2.16. The van der Waals surface area contributed by atoms with Crippen LogP contribution in [0.3, 0.4) is 0 Å². The van der Waals surface area contributed by atoms with E-state index in [1.807, 2.05) is 12.1 Å². The average Bonchev–Trinajstić information content (AvgIpc) is 2.85. The maximum atomic E-state index is 11.6. The number of hydrogen-bond acceptors (Lipinski definition) is 4. The molecule has 1 aliphatic heterocycles. The fourth-order valence-electron chi connectivity index (χ4n) is 3.79. The zero-order valence-electron chi connectivity index (χ0n) is 12.8. The normalized spacial score (nSPS) is 29.8. The maximum absolute atomic E-state index is 11.6.